The number of hydrogen-bond donors (Lipinski definition) is 1. The molecule has 4 nitrogen and oxygen atoms in total. The molecule has 76 valence electrons. The second-order valence-electron chi connectivity index (χ2n) is 3.71. The Morgan fingerprint density at radius 3 is 3.14 bits per heavy atom. The summed E-state index contributed by atoms with van der Waals surface area (Å²) in [5, 5.41) is 3.48. The van der Waals surface area contributed by atoms with Gasteiger partial charge < -0.3 is 14.8 Å². The molecule has 5 heteroatoms. The maximum absolute atomic E-state index is 5.83. The summed E-state index contributed by atoms with van der Waals surface area (Å²) in [6, 6.07) is 2.31. The lowest BCUT2D eigenvalue weighted by atomic mass is 9.89. The highest BCUT2D eigenvalue weighted by Crippen LogP contribution is 2.38. The van der Waals surface area contributed by atoms with Crippen LogP contribution in [0.3, 0.4) is 0 Å². The lowest BCUT2D eigenvalue weighted by molar-refractivity contribution is -0.238. The molecule has 2 fully saturated rings. The van der Waals surface area contributed by atoms with E-state index in [1.165, 1.54) is 16.4 Å². The van der Waals surface area contributed by atoms with Gasteiger partial charge >= 0.3 is 0 Å². The summed E-state index contributed by atoms with van der Waals surface area (Å²) in [7, 11) is 0. The molecule has 0 aliphatic carbocycles. The van der Waals surface area contributed by atoms with Crippen molar-refractivity contribution in [3.63, 3.8) is 0 Å². The minimum Gasteiger partial charge on any atom is -0.375 e. The first kappa shape index (κ1) is 8.79. The SMILES string of the molecule is c1cc(C2NCCOC23COC3)sn1. The summed E-state index contributed by atoms with van der Waals surface area (Å²) in [6.07, 6.45) is 1.84. The molecule has 0 saturated carbocycles. The molecule has 1 spiro atoms. The highest BCUT2D eigenvalue weighted by atomic mass is 32.1. The molecule has 0 aromatic carbocycles. The van der Waals surface area contributed by atoms with Crippen molar-refractivity contribution in [2.75, 3.05) is 26.4 Å². The lowest BCUT2D eigenvalue weighted by Crippen LogP contribution is -2.63. The van der Waals surface area contributed by atoms with Gasteiger partial charge in [-0.15, -0.1) is 0 Å². The minimum absolute atomic E-state index is 0.120. The zero-order valence-corrected chi connectivity index (χ0v) is 8.55. The number of nitrogens with one attached hydrogen (secondary N) is 1. The van der Waals surface area contributed by atoms with Crippen molar-refractivity contribution in [3.8, 4) is 0 Å². The first-order valence-electron chi connectivity index (χ1n) is 4.76. The first-order valence-corrected chi connectivity index (χ1v) is 5.54. The van der Waals surface area contributed by atoms with Crippen LogP contribution in [0.1, 0.15) is 10.9 Å². The van der Waals surface area contributed by atoms with Crippen molar-refractivity contribution in [2.24, 2.45) is 0 Å². The summed E-state index contributed by atoms with van der Waals surface area (Å²) in [4.78, 5) is 1.24. The molecule has 2 aliphatic rings. The molecule has 0 radical (unpaired) electrons. The molecule has 0 bridgehead atoms. The molecular formula is C9H12N2O2S. The molecule has 2 saturated heterocycles. The summed E-state index contributed by atoms with van der Waals surface area (Å²) < 4.78 is 15.2. The van der Waals surface area contributed by atoms with E-state index >= 15 is 0 Å². The fourth-order valence-corrected chi connectivity index (χ4v) is 2.78. The van der Waals surface area contributed by atoms with E-state index in [4.69, 9.17) is 9.47 Å². The zero-order chi connectivity index (χ0) is 9.43. The third-order valence-corrected chi connectivity index (χ3v) is 3.61. The molecule has 14 heavy (non-hydrogen) atoms. The van der Waals surface area contributed by atoms with Gasteiger partial charge in [0, 0.05) is 17.6 Å². The second kappa shape index (κ2) is 3.27. The van der Waals surface area contributed by atoms with Crippen molar-refractivity contribution in [2.45, 2.75) is 11.6 Å². The maximum atomic E-state index is 5.83. The van der Waals surface area contributed by atoms with Gasteiger partial charge in [0.1, 0.15) is 5.60 Å². The van der Waals surface area contributed by atoms with Crippen molar-refractivity contribution in [1.82, 2.24) is 9.69 Å². The van der Waals surface area contributed by atoms with Gasteiger partial charge in [-0.2, -0.15) is 0 Å². The number of aromatic nitrogens is 1. The monoisotopic (exact) mass is 212 g/mol. The summed E-state index contributed by atoms with van der Waals surface area (Å²) in [5.74, 6) is 0. The third-order valence-electron chi connectivity index (χ3n) is 2.80. The van der Waals surface area contributed by atoms with Crippen molar-refractivity contribution in [1.29, 1.82) is 0 Å². The van der Waals surface area contributed by atoms with E-state index in [2.05, 4.69) is 15.8 Å². The fraction of sp³-hybridized carbons (Fsp3) is 0.667. The van der Waals surface area contributed by atoms with Gasteiger partial charge in [-0.25, -0.2) is 4.37 Å². The average molecular weight is 212 g/mol. The number of rotatable bonds is 1. The third kappa shape index (κ3) is 1.20. The van der Waals surface area contributed by atoms with E-state index in [0.29, 0.717) is 13.2 Å². The zero-order valence-electron chi connectivity index (χ0n) is 7.73. The fourth-order valence-electron chi connectivity index (χ4n) is 2.01. The van der Waals surface area contributed by atoms with Crippen LogP contribution in [0.25, 0.3) is 0 Å². The summed E-state index contributed by atoms with van der Waals surface area (Å²) in [5.41, 5.74) is -0.120. The molecule has 3 rings (SSSR count). The van der Waals surface area contributed by atoms with Crippen LogP contribution < -0.4 is 5.32 Å². The lowest BCUT2D eigenvalue weighted by Gasteiger charge is -2.49. The van der Waals surface area contributed by atoms with Crippen LogP contribution in [-0.2, 0) is 9.47 Å². The van der Waals surface area contributed by atoms with Gasteiger partial charge in [-0.1, -0.05) is 0 Å². The Kier molecular flexibility index (Phi) is 2.05. The average Bonchev–Trinajstić information content (AvgIpc) is 2.68. The van der Waals surface area contributed by atoms with Crippen LogP contribution >= 0.6 is 11.5 Å². The van der Waals surface area contributed by atoms with Crippen LogP contribution in [0.4, 0.5) is 0 Å². The highest BCUT2D eigenvalue weighted by molar-refractivity contribution is 7.05. The van der Waals surface area contributed by atoms with Gasteiger partial charge in [-0.05, 0) is 17.6 Å². The van der Waals surface area contributed by atoms with E-state index < -0.39 is 0 Å². The van der Waals surface area contributed by atoms with E-state index in [0.717, 1.165) is 13.2 Å². The Bertz CT molecular complexity index is 311. The molecule has 1 unspecified atom stereocenters. The van der Waals surface area contributed by atoms with Crippen LogP contribution in [0.15, 0.2) is 12.3 Å². The molecule has 1 aromatic rings. The molecule has 3 heterocycles. The van der Waals surface area contributed by atoms with Gasteiger partial charge in [0.05, 0.1) is 25.9 Å². The molecule has 1 N–H and O–H groups in total. The molecule has 1 aromatic heterocycles. The number of morpholine rings is 1. The first-order chi connectivity index (χ1) is 6.91. The number of ether oxygens (including phenoxy) is 2. The molecule has 2 aliphatic heterocycles. The predicted octanol–water partition coefficient (Wildman–Crippen LogP) is 0.573. The highest BCUT2D eigenvalue weighted by Gasteiger charge is 2.49. The topological polar surface area (TPSA) is 43.4 Å². The van der Waals surface area contributed by atoms with E-state index in [1.54, 1.807) is 0 Å². The summed E-state index contributed by atoms with van der Waals surface area (Å²) in [6.45, 7) is 3.08. The number of nitrogens with zero attached hydrogens (tertiary/aromatic N) is 1. The Labute approximate surface area is 86.4 Å². The van der Waals surface area contributed by atoms with Crippen LogP contribution in [0, 0.1) is 0 Å². The maximum Gasteiger partial charge on any atom is 0.135 e. The van der Waals surface area contributed by atoms with Crippen molar-refractivity contribution >= 4 is 11.5 Å². The Morgan fingerprint density at radius 2 is 2.50 bits per heavy atom. The normalized spacial score (nSPS) is 30.1. The van der Waals surface area contributed by atoms with Crippen LogP contribution in [0.2, 0.25) is 0 Å². The van der Waals surface area contributed by atoms with Gasteiger partial charge in [0.15, 0.2) is 0 Å². The van der Waals surface area contributed by atoms with Crippen LogP contribution in [-0.4, -0.2) is 36.3 Å². The summed E-state index contributed by atoms with van der Waals surface area (Å²) >= 11 is 1.53. The van der Waals surface area contributed by atoms with Crippen molar-refractivity contribution in [3.05, 3.63) is 17.1 Å². The standard InChI is InChI=1S/C9H12N2O2S/c1-2-11-14-7(1)8-9(5-12-6-9)13-4-3-10-8/h1-2,8,10H,3-6H2. The Morgan fingerprint density at radius 1 is 1.57 bits per heavy atom. The molecular weight excluding hydrogens is 200 g/mol. The van der Waals surface area contributed by atoms with Gasteiger partial charge in [-0.3, -0.25) is 0 Å². The Hall–Kier alpha value is -0.490. The van der Waals surface area contributed by atoms with Crippen LogP contribution in [0.5, 0.6) is 0 Å². The predicted molar refractivity (Wildman–Crippen MR) is 52.4 cm³/mol. The van der Waals surface area contributed by atoms with Gasteiger partial charge in [0.25, 0.3) is 0 Å². The van der Waals surface area contributed by atoms with E-state index in [1.807, 2.05) is 6.20 Å². The minimum atomic E-state index is -0.120. The second-order valence-corrected chi connectivity index (χ2v) is 4.57. The smallest absolute Gasteiger partial charge is 0.135 e. The van der Waals surface area contributed by atoms with E-state index in [9.17, 15) is 0 Å². The quantitative estimate of drug-likeness (QED) is 0.739. The molecule has 1 atom stereocenters. The molecule has 0 amide bonds. The van der Waals surface area contributed by atoms with Crippen molar-refractivity contribution < 1.29 is 9.47 Å². The van der Waals surface area contributed by atoms with E-state index in [-0.39, 0.29) is 11.6 Å². The number of hydrogen-bond acceptors (Lipinski definition) is 5. The van der Waals surface area contributed by atoms with Gasteiger partial charge in [0.2, 0.25) is 0 Å². The Balaban J connectivity index is 1.88. The largest absolute Gasteiger partial charge is 0.375 e.